The molecule has 76 valence electrons. The van der Waals surface area contributed by atoms with E-state index in [1.54, 1.807) is 0 Å². The maximum Gasteiger partial charge on any atom is 0.0622 e. The monoisotopic (exact) mass is 183 g/mol. The molecule has 2 heterocycles. The molecule has 0 N–H and O–H groups in total. The van der Waals surface area contributed by atoms with Crippen LogP contribution in [0.5, 0.6) is 0 Å². The summed E-state index contributed by atoms with van der Waals surface area (Å²) in [5.74, 6) is 0. The van der Waals surface area contributed by atoms with Gasteiger partial charge in [0, 0.05) is 18.1 Å². The Morgan fingerprint density at radius 2 is 1.92 bits per heavy atom. The fourth-order valence-electron chi connectivity index (χ4n) is 2.79. The number of fused-ring (bicyclic) bond motifs is 2. The highest BCUT2D eigenvalue weighted by Gasteiger charge is 2.36. The molecule has 2 saturated heterocycles. The van der Waals surface area contributed by atoms with E-state index in [0.717, 1.165) is 31.3 Å². The van der Waals surface area contributed by atoms with Crippen LogP contribution in [0.3, 0.4) is 0 Å². The summed E-state index contributed by atoms with van der Waals surface area (Å²) in [6.07, 6.45) is 5.38. The molecular formula is C11H21NO. The first-order valence-electron chi connectivity index (χ1n) is 5.68. The van der Waals surface area contributed by atoms with Gasteiger partial charge in [-0.1, -0.05) is 13.3 Å². The van der Waals surface area contributed by atoms with E-state index in [-0.39, 0.29) is 0 Å². The molecule has 2 heteroatoms. The zero-order valence-electron chi connectivity index (χ0n) is 8.83. The van der Waals surface area contributed by atoms with Gasteiger partial charge in [0.25, 0.3) is 0 Å². The van der Waals surface area contributed by atoms with E-state index in [9.17, 15) is 0 Å². The lowest BCUT2D eigenvalue weighted by Crippen LogP contribution is -2.57. The normalized spacial score (nSPS) is 37.4. The second kappa shape index (κ2) is 3.97. The largest absolute Gasteiger partial charge is 0.378 e. The Balaban J connectivity index is 2.06. The van der Waals surface area contributed by atoms with Crippen LogP contribution < -0.4 is 0 Å². The van der Waals surface area contributed by atoms with Crippen molar-refractivity contribution in [3.05, 3.63) is 0 Å². The molecule has 0 amide bonds. The molecule has 0 aliphatic carbocycles. The average molecular weight is 183 g/mol. The van der Waals surface area contributed by atoms with E-state index in [4.69, 9.17) is 4.74 Å². The Bertz CT molecular complexity index is 149. The standard InChI is InChI=1S/C11H21NO/c1-3-9(2)12-10-5-4-6-11(12)8-13-7-10/h9-11H,3-8H2,1-2H3. The van der Waals surface area contributed by atoms with Crippen LogP contribution in [0.15, 0.2) is 0 Å². The van der Waals surface area contributed by atoms with Crippen molar-refractivity contribution in [2.24, 2.45) is 0 Å². The molecule has 0 aromatic rings. The van der Waals surface area contributed by atoms with Gasteiger partial charge in [-0.3, -0.25) is 4.90 Å². The van der Waals surface area contributed by atoms with Crippen LogP contribution in [0.25, 0.3) is 0 Å². The number of nitrogens with zero attached hydrogens (tertiary/aromatic N) is 1. The van der Waals surface area contributed by atoms with Crippen molar-refractivity contribution >= 4 is 0 Å². The van der Waals surface area contributed by atoms with Gasteiger partial charge >= 0.3 is 0 Å². The Morgan fingerprint density at radius 1 is 1.31 bits per heavy atom. The first kappa shape index (κ1) is 9.47. The Kier molecular flexibility index (Phi) is 2.89. The highest BCUT2D eigenvalue weighted by atomic mass is 16.5. The van der Waals surface area contributed by atoms with Crippen LogP contribution in [0, 0.1) is 0 Å². The summed E-state index contributed by atoms with van der Waals surface area (Å²) >= 11 is 0. The molecule has 3 atom stereocenters. The molecule has 0 saturated carbocycles. The minimum Gasteiger partial charge on any atom is -0.378 e. The van der Waals surface area contributed by atoms with Crippen molar-refractivity contribution in [1.82, 2.24) is 4.90 Å². The smallest absolute Gasteiger partial charge is 0.0622 e. The van der Waals surface area contributed by atoms with Crippen molar-refractivity contribution < 1.29 is 4.74 Å². The molecule has 2 rings (SSSR count). The molecule has 3 unspecified atom stereocenters. The number of rotatable bonds is 2. The van der Waals surface area contributed by atoms with Crippen molar-refractivity contribution in [2.45, 2.75) is 57.7 Å². The van der Waals surface area contributed by atoms with Gasteiger partial charge in [0.05, 0.1) is 13.2 Å². The van der Waals surface area contributed by atoms with E-state index >= 15 is 0 Å². The molecule has 13 heavy (non-hydrogen) atoms. The Labute approximate surface area is 81.3 Å². The lowest BCUT2D eigenvalue weighted by molar-refractivity contribution is -0.0906. The van der Waals surface area contributed by atoms with Crippen molar-refractivity contribution in [3.63, 3.8) is 0 Å². The number of hydrogen-bond donors (Lipinski definition) is 0. The predicted octanol–water partition coefficient (Wildman–Crippen LogP) is 2.04. The summed E-state index contributed by atoms with van der Waals surface area (Å²) in [5.41, 5.74) is 0. The van der Waals surface area contributed by atoms with Crippen LogP contribution in [-0.2, 0) is 4.74 Å². The maximum atomic E-state index is 5.62. The third-order valence-corrected chi connectivity index (χ3v) is 3.64. The van der Waals surface area contributed by atoms with Gasteiger partial charge in [0.1, 0.15) is 0 Å². The van der Waals surface area contributed by atoms with Crippen LogP contribution in [0.2, 0.25) is 0 Å². The zero-order valence-corrected chi connectivity index (χ0v) is 8.83. The number of hydrogen-bond acceptors (Lipinski definition) is 2. The molecule has 2 aliphatic rings. The first-order valence-corrected chi connectivity index (χ1v) is 5.68. The maximum absolute atomic E-state index is 5.62. The van der Waals surface area contributed by atoms with E-state index in [2.05, 4.69) is 18.7 Å². The molecule has 2 fully saturated rings. The van der Waals surface area contributed by atoms with Gasteiger partial charge in [0.15, 0.2) is 0 Å². The van der Waals surface area contributed by atoms with Crippen molar-refractivity contribution in [3.8, 4) is 0 Å². The second-order valence-corrected chi connectivity index (χ2v) is 4.48. The van der Waals surface area contributed by atoms with Crippen LogP contribution in [-0.4, -0.2) is 36.2 Å². The van der Waals surface area contributed by atoms with E-state index in [1.165, 1.54) is 25.7 Å². The predicted molar refractivity (Wildman–Crippen MR) is 53.8 cm³/mol. The van der Waals surface area contributed by atoms with Gasteiger partial charge in [-0.15, -0.1) is 0 Å². The van der Waals surface area contributed by atoms with E-state index in [0.29, 0.717) is 0 Å². The minimum atomic E-state index is 0.724. The summed E-state index contributed by atoms with van der Waals surface area (Å²) in [7, 11) is 0. The topological polar surface area (TPSA) is 12.5 Å². The van der Waals surface area contributed by atoms with Gasteiger partial charge in [-0.05, 0) is 26.2 Å². The SMILES string of the molecule is CCC(C)N1C2CCCC1COC2. The third kappa shape index (κ3) is 1.75. The lowest BCUT2D eigenvalue weighted by Gasteiger charge is -2.48. The summed E-state index contributed by atoms with van der Waals surface area (Å²) in [5, 5.41) is 0. The Morgan fingerprint density at radius 3 is 2.46 bits per heavy atom. The molecular weight excluding hydrogens is 162 g/mol. The van der Waals surface area contributed by atoms with Crippen LogP contribution in [0.1, 0.15) is 39.5 Å². The molecule has 2 aliphatic heterocycles. The first-order chi connectivity index (χ1) is 6.33. The zero-order chi connectivity index (χ0) is 9.26. The molecule has 0 spiro atoms. The van der Waals surface area contributed by atoms with Crippen molar-refractivity contribution in [2.75, 3.05) is 13.2 Å². The minimum absolute atomic E-state index is 0.724. The molecule has 0 aromatic heterocycles. The summed E-state index contributed by atoms with van der Waals surface area (Å²) in [6, 6.07) is 2.20. The van der Waals surface area contributed by atoms with Gasteiger partial charge in [-0.25, -0.2) is 0 Å². The average Bonchev–Trinajstić information content (AvgIpc) is 2.15. The highest BCUT2D eigenvalue weighted by molar-refractivity contribution is 4.90. The molecule has 0 radical (unpaired) electrons. The lowest BCUT2D eigenvalue weighted by atomic mass is 9.92. The van der Waals surface area contributed by atoms with Crippen LogP contribution >= 0.6 is 0 Å². The number of ether oxygens (including phenoxy) is 1. The second-order valence-electron chi connectivity index (χ2n) is 4.48. The Hall–Kier alpha value is -0.0800. The number of morpholine rings is 1. The highest BCUT2D eigenvalue weighted by Crippen LogP contribution is 2.29. The van der Waals surface area contributed by atoms with Crippen molar-refractivity contribution in [1.29, 1.82) is 0 Å². The third-order valence-electron chi connectivity index (χ3n) is 3.64. The molecule has 2 bridgehead atoms. The van der Waals surface area contributed by atoms with Gasteiger partial charge in [-0.2, -0.15) is 0 Å². The fraction of sp³-hybridized carbons (Fsp3) is 1.00. The quantitative estimate of drug-likeness (QED) is 0.649. The summed E-state index contributed by atoms with van der Waals surface area (Å²) < 4.78 is 5.62. The fourth-order valence-corrected chi connectivity index (χ4v) is 2.79. The number of piperidine rings is 1. The van der Waals surface area contributed by atoms with E-state index < -0.39 is 0 Å². The van der Waals surface area contributed by atoms with E-state index in [1.807, 2.05) is 0 Å². The summed E-state index contributed by atoms with van der Waals surface area (Å²) in [4.78, 5) is 2.72. The van der Waals surface area contributed by atoms with Gasteiger partial charge in [0.2, 0.25) is 0 Å². The summed E-state index contributed by atoms with van der Waals surface area (Å²) in [6.45, 7) is 6.59. The molecule has 2 nitrogen and oxygen atoms in total. The van der Waals surface area contributed by atoms with Gasteiger partial charge < -0.3 is 4.74 Å². The molecule has 0 aromatic carbocycles. The van der Waals surface area contributed by atoms with Crippen LogP contribution in [0.4, 0.5) is 0 Å².